The van der Waals surface area contributed by atoms with E-state index < -0.39 is 10.0 Å². The Morgan fingerprint density at radius 2 is 1.89 bits per heavy atom. The van der Waals surface area contributed by atoms with E-state index in [0.717, 1.165) is 35.2 Å². The van der Waals surface area contributed by atoms with E-state index >= 15 is 0 Å². The largest absolute Gasteiger partial charge is 0.312 e. The maximum absolute atomic E-state index is 13.0. The zero-order valence-electron chi connectivity index (χ0n) is 16.3. The summed E-state index contributed by atoms with van der Waals surface area (Å²) in [4.78, 5) is 14.5. The molecule has 2 aliphatic rings. The van der Waals surface area contributed by atoms with Gasteiger partial charge in [0.15, 0.2) is 0 Å². The molecule has 1 heterocycles. The highest BCUT2D eigenvalue weighted by atomic mass is 32.2. The smallest absolute Gasteiger partial charge is 0.241 e. The number of rotatable bonds is 6. The fourth-order valence-corrected chi connectivity index (χ4v) is 5.12. The molecule has 1 saturated carbocycles. The standard InChI is InChI=1S/C22H26N2O3S/c1-3-20(16-6-4-15(2)5-7-16)23-28(26,27)19-10-11-21-18(14-19)12-13-24(21)22(25)17-8-9-17/h4-7,10-11,14,17,20,23H,3,8-9,12-13H2,1-2H3/t20-/m0/s1. The first kappa shape index (κ1) is 19.2. The minimum atomic E-state index is -3.65. The lowest BCUT2D eigenvalue weighted by Crippen LogP contribution is -2.30. The van der Waals surface area contributed by atoms with E-state index in [1.165, 1.54) is 0 Å². The summed E-state index contributed by atoms with van der Waals surface area (Å²) in [6.45, 7) is 4.62. The number of benzene rings is 2. The summed E-state index contributed by atoms with van der Waals surface area (Å²) >= 11 is 0. The van der Waals surface area contributed by atoms with Crippen molar-refractivity contribution in [3.63, 3.8) is 0 Å². The van der Waals surface area contributed by atoms with Crippen molar-refractivity contribution in [1.82, 2.24) is 4.72 Å². The molecule has 0 bridgehead atoms. The zero-order valence-corrected chi connectivity index (χ0v) is 17.1. The monoisotopic (exact) mass is 398 g/mol. The Bertz CT molecular complexity index is 995. The minimum absolute atomic E-state index is 0.163. The molecule has 0 saturated heterocycles. The molecule has 1 atom stereocenters. The summed E-state index contributed by atoms with van der Waals surface area (Å²) in [5.74, 6) is 0.341. The van der Waals surface area contributed by atoms with Crippen LogP contribution in [0.5, 0.6) is 0 Å². The molecule has 0 unspecified atom stereocenters. The Kier molecular flexibility index (Phi) is 5.02. The van der Waals surface area contributed by atoms with Crippen molar-refractivity contribution >= 4 is 21.6 Å². The molecule has 2 aromatic rings. The molecule has 1 aliphatic heterocycles. The van der Waals surface area contributed by atoms with Crippen LogP contribution in [-0.4, -0.2) is 20.9 Å². The second kappa shape index (κ2) is 7.33. The third-order valence-corrected chi connectivity index (χ3v) is 7.10. The highest BCUT2D eigenvalue weighted by molar-refractivity contribution is 7.89. The average Bonchev–Trinajstić information content (AvgIpc) is 3.45. The summed E-state index contributed by atoms with van der Waals surface area (Å²) in [6, 6.07) is 12.8. The van der Waals surface area contributed by atoms with Gasteiger partial charge in [-0.25, -0.2) is 13.1 Å². The van der Waals surface area contributed by atoms with Gasteiger partial charge >= 0.3 is 0 Å². The number of aryl methyl sites for hydroxylation is 1. The molecular weight excluding hydrogens is 372 g/mol. The van der Waals surface area contributed by atoms with Gasteiger partial charge in [0.1, 0.15) is 0 Å². The summed E-state index contributed by atoms with van der Waals surface area (Å²) in [6.07, 6.45) is 3.31. The van der Waals surface area contributed by atoms with E-state index in [9.17, 15) is 13.2 Å². The second-order valence-electron chi connectivity index (χ2n) is 7.80. The lowest BCUT2D eigenvalue weighted by Gasteiger charge is -2.19. The van der Waals surface area contributed by atoms with Crippen LogP contribution >= 0.6 is 0 Å². The molecule has 0 spiro atoms. The molecule has 6 heteroatoms. The Hall–Kier alpha value is -2.18. The highest BCUT2D eigenvalue weighted by Gasteiger charge is 2.36. The number of hydrogen-bond donors (Lipinski definition) is 1. The molecule has 1 aliphatic carbocycles. The number of sulfonamides is 1. The van der Waals surface area contributed by atoms with Crippen LogP contribution in [-0.2, 0) is 21.2 Å². The fraction of sp³-hybridized carbons (Fsp3) is 0.409. The van der Waals surface area contributed by atoms with Gasteiger partial charge in [0.05, 0.1) is 4.90 Å². The molecule has 5 nitrogen and oxygen atoms in total. The zero-order chi connectivity index (χ0) is 19.9. The lowest BCUT2D eigenvalue weighted by atomic mass is 10.0. The van der Waals surface area contributed by atoms with Gasteiger partial charge in [0.2, 0.25) is 15.9 Å². The van der Waals surface area contributed by atoms with Crippen molar-refractivity contribution < 1.29 is 13.2 Å². The van der Waals surface area contributed by atoms with Gasteiger partial charge in [-0.2, -0.15) is 0 Å². The maximum Gasteiger partial charge on any atom is 0.241 e. The van der Waals surface area contributed by atoms with Crippen LogP contribution in [0.1, 0.15) is 48.9 Å². The summed E-state index contributed by atoms with van der Waals surface area (Å²) in [5, 5.41) is 0. The van der Waals surface area contributed by atoms with Crippen LogP contribution in [0, 0.1) is 12.8 Å². The first-order valence-corrected chi connectivity index (χ1v) is 11.4. The Balaban J connectivity index is 1.56. The average molecular weight is 399 g/mol. The van der Waals surface area contributed by atoms with Gasteiger partial charge < -0.3 is 4.90 Å². The molecule has 148 valence electrons. The predicted octanol–water partition coefficient (Wildman–Crippen LogP) is 3.72. The number of carbonyl (C=O) groups excluding carboxylic acids is 1. The van der Waals surface area contributed by atoms with Crippen molar-refractivity contribution in [2.75, 3.05) is 11.4 Å². The first-order chi connectivity index (χ1) is 13.4. The summed E-state index contributed by atoms with van der Waals surface area (Å²) in [5.41, 5.74) is 3.89. The van der Waals surface area contributed by atoms with Crippen molar-refractivity contribution in [2.45, 2.75) is 50.5 Å². The van der Waals surface area contributed by atoms with Gasteiger partial charge in [-0.05, 0) is 61.9 Å². The predicted molar refractivity (Wildman–Crippen MR) is 110 cm³/mol. The van der Waals surface area contributed by atoms with Gasteiger partial charge in [-0.15, -0.1) is 0 Å². The highest BCUT2D eigenvalue weighted by Crippen LogP contribution is 2.37. The Morgan fingerprint density at radius 1 is 1.18 bits per heavy atom. The fourth-order valence-electron chi connectivity index (χ4n) is 3.77. The van der Waals surface area contributed by atoms with Crippen molar-refractivity contribution in [3.05, 3.63) is 59.2 Å². The van der Waals surface area contributed by atoms with Crippen LogP contribution in [0.2, 0.25) is 0 Å². The van der Waals surface area contributed by atoms with Gasteiger partial charge in [0, 0.05) is 24.2 Å². The number of carbonyl (C=O) groups is 1. The lowest BCUT2D eigenvalue weighted by molar-refractivity contribution is -0.119. The van der Waals surface area contributed by atoms with Crippen LogP contribution in [0.4, 0.5) is 5.69 Å². The van der Waals surface area contributed by atoms with Crippen LogP contribution in [0.25, 0.3) is 0 Å². The molecule has 0 aromatic heterocycles. The molecule has 1 fully saturated rings. The minimum Gasteiger partial charge on any atom is -0.312 e. The van der Waals surface area contributed by atoms with Gasteiger partial charge in [0.25, 0.3) is 0 Å². The van der Waals surface area contributed by atoms with Crippen molar-refractivity contribution in [2.24, 2.45) is 5.92 Å². The first-order valence-electron chi connectivity index (χ1n) is 9.92. The van der Waals surface area contributed by atoms with Crippen molar-refractivity contribution in [3.8, 4) is 0 Å². The van der Waals surface area contributed by atoms with Gasteiger partial charge in [-0.3, -0.25) is 4.79 Å². The van der Waals surface area contributed by atoms with E-state index in [1.807, 2.05) is 43.0 Å². The SMILES string of the molecule is CC[C@H](NS(=O)(=O)c1ccc2c(c1)CCN2C(=O)C1CC1)c1ccc(C)cc1. The quantitative estimate of drug-likeness (QED) is 0.806. The maximum atomic E-state index is 13.0. The van der Waals surface area contributed by atoms with Crippen LogP contribution < -0.4 is 9.62 Å². The Morgan fingerprint density at radius 3 is 2.54 bits per heavy atom. The van der Waals surface area contributed by atoms with E-state index in [0.29, 0.717) is 19.4 Å². The molecule has 2 aromatic carbocycles. The number of nitrogens with zero attached hydrogens (tertiary/aromatic N) is 1. The molecule has 1 amide bonds. The van der Waals surface area contributed by atoms with Crippen LogP contribution in [0.3, 0.4) is 0 Å². The summed E-state index contributed by atoms with van der Waals surface area (Å²) in [7, 11) is -3.65. The number of nitrogens with one attached hydrogen (secondary N) is 1. The van der Waals surface area contributed by atoms with E-state index in [2.05, 4.69) is 4.72 Å². The van der Waals surface area contributed by atoms with E-state index in [-0.39, 0.29) is 22.8 Å². The second-order valence-corrected chi connectivity index (χ2v) is 9.51. The van der Waals surface area contributed by atoms with Gasteiger partial charge in [-0.1, -0.05) is 36.8 Å². The topological polar surface area (TPSA) is 66.5 Å². The number of hydrogen-bond acceptors (Lipinski definition) is 3. The molecule has 4 rings (SSSR count). The molecule has 1 N–H and O–H groups in total. The van der Waals surface area contributed by atoms with E-state index in [1.54, 1.807) is 18.2 Å². The van der Waals surface area contributed by atoms with E-state index in [4.69, 9.17) is 0 Å². The molecular formula is C22H26N2O3S. The number of anilines is 1. The third kappa shape index (κ3) is 3.71. The molecule has 28 heavy (non-hydrogen) atoms. The Labute approximate surface area is 166 Å². The normalized spacial score (nSPS) is 17.4. The van der Waals surface area contributed by atoms with Crippen molar-refractivity contribution in [1.29, 1.82) is 0 Å². The molecule has 0 radical (unpaired) electrons. The number of fused-ring (bicyclic) bond motifs is 1. The summed E-state index contributed by atoms with van der Waals surface area (Å²) < 4.78 is 28.8. The number of amides is 1. The van der Waals surface area contributed by atoms with Crippen LogP contribution in [0.15, 0.2) is 47.4 Å². The third-order valence-electron chi connectivity index (χ3n) is 5.63.